The molecule has 3 rings (SSSR count). The van der Waals surface area contributed by atoms with Crippen molar-refractivity contribution >= 4 is 11.5 Å². The van der Waals surface area contributed by atoms with Gasteiger partial charge in [-0.1, -0.05) is 63.2 Å². The molecule has 0 fully saturated rings. The Kier molecular flexibility index (Phi) is 9.58. The summed E-state index contributed by atoms with van der Waals surface area (Å²) in [6.45, 7) is 2.22. The lowest BCUT2D eigenvalue weighted by Crippen LogP contribution is -2.14. The highest BCUT2D eigenvalue weighted by atomic mass is 19.1. The van der Waals surface area contributed by atoms with Crippen molar-refractivity contribution in [2.45, 2.75) is 71.1 Å². The number of allylic oxidation sites excluding steroid dienone is 4. The molecule has 2 aromatic rings. The van der Waals surface area contributed by atoms with E-state index in [9.17, 15) is 13.6 Å². The Morgan fingerprint density at radius 3 is 2.18 bits per heavy atom. The average molecular weight is 464 g/mol. The van der Waals surface area contributed by atoms with E-state index in [-0.39, 0.29) is 5.75 Å². The predicted octanol–water partition coefficient (Wildman–Crippen LogP) is 8.30. The highest BCUT2D eigenvalue weighted by Crippen LogP contribution is 2.31. The Balaban J connectivity index is 1.59. The van der Waals surface area contributed by atoms with Crippen LogP contribution in [-0.4, -0.2) is 5.97 Å². The summed E-state index contributed by atoms with van der Waals surface area (Å²) >= 11 is 0. The number of nitrogens with zero attached hydrogens (tertiary/aromatic N) is 1. The lowest BCUT2D eigenvalue weighted by Gasteiger charge is -2.16. The number of carbonyl (C=O) groups is 1. The molecule has 0 bridgehead atoms. The summed E-state index contributed by atoms with van der Waals surface area (Å²) in [7, 11) is 0. The first kappa shape index (κ1) is 25.4. The summed E-state index contributed by atoms with van der Waals surface area (Å²) in [4.78, 5) is 12.3. The van der Waals surface area contributed by atoms with Crippen LogP contribution >= 0.6 is 0 Å². The quantitative estimate of drug-likeness (QED) is 0.191. The van der Waals surface area contributed by atoms with Crippen LogP contribution in [0.4, 0.5) is 8.78 Å². The van der Waals surface area contributed by atoms with Crippen molar-refractivity contribution < 1.29 is 18.3 Å². The lowest BCUT2D eigenvalue weighted by molar-refractivity contribution is 0.0724. The fourth-order valence-corrected chi connectivity index (χ4v) is 4.15. The van der Waals surface area contributed by atoms with Crippen LogP contribution in [0.3, 0.4) is 0 Å². The van der Waals surface area contributed by atoms with E-state index in [4.69, 9.17) is 10.00 Å². The standard InChI is InChI=1S/C29H31F2NO2/c1-2-3-4-5-6-7-8-9-21-10-14-23(15-11-21)24-18-26(30)28(27(31)19-24)29(33)34-25-16-12-22(20-32)13-17-25/h10,12-14,16-19H,2-9,11,15H2,1H3. The Bertz CT molecular complexity index is 1070. The molecule has 0 heterocycles. The van der Waals surface area contributed by atoms with Gasteiger partial charge in [-0.3, -0.25) is 0 Å². The van der Waals surface area contributed by atoms with Gasteiger partial charge in [0.1, 0.15) is 22.9 Å². The molecule has 0 amide bonds. The summed E-state index contributed by atoms with van der Waals surface area (Å²) in [6, 6.07) is 10.1. The van der Waals surface area contributed by atoms with E-state index in [1.165, 1.54) is 86.9 Å². The first-order chi connectivity index (χ1) is 16.5. The number of unbranched alkanes of at least 4 members (excludes halogenated alkanes) is 6. The van der Waals surface area contributed by atoms with Gasteiger partial charge in [-0.15, -0.1) is 0 Å². The topological polar surface area (TPSA) is 50.1 Å². The molecule has 0 aliphatic heterocycles. The molecule has 0 unspecified atom stereocenters. The molecule has 1 aliphatic carbocycles. The number of benzene rings is 2. The number of esters is 1. The number of nitriles is 1. The lowest BCUT2D eigenvalue weighted by atomic mass is 9.90. The van der Waals surface area contributed by atoms with Crippen LogP contribution in [0.2, 0.25) is 0 Å². The van der Waals surface area contributed by atoms with Gasteiger partial charge in [0.2, 0.25) is 0 Å². The number of ether oxygens (including phenoxy) is 1. The molecular weight excluding hydrogens is 432 g/mol. The maximum Gasteiger partial charge on any atom is 0.349 e. The van der Waals surface area contributed by atoms with Crippen LogP contribution in [0.1, 0.15) is 92.6 Å². The van der Waals surface area contributed by atoms with Crippen LogP contribution in [0, 0.1) is 23.0 Å². The van der Waals surface area contributed by atoms with Crippen LogP contribution in [0.25, 0.3) is 5.57 Å². The zero-order chi connectivity index (χ0) is 24.3. The third kappa shape index (κ3) is 7.12. The summed E-state index contributed by atoms with van der Waals surface area (Å²) in [5.41, 5.74) is 2.34. The number of hydrogen-bond acceptors (Lipinski definition) is 3. The summed E-state index contributed by atoms with van der Waals surface area (Å²) in [6.07, 6.45) is 15.6. The van der Waals surface area contributed by atoms with Gasteiger partial charge >= 0.3 is 5.97 Å². The van der Waals surface area contributed by atoms with Gasteiger partial charge in [-0.25, -0.2) is 13.6 Å². The normalized spacial score (nSPS) is 13.1. The molecule has 1 aliphatic rings. The number of halogens is 2. The molecule has 0 saturated heterocycles. The summed E-state index contributed by atoms with van der Waals surface area (Å²) in [5.74, 6) is -2.90. The van der Waals surface area contributed by atoms with Crippen molar-refractivity contribution in [3.05, 3.63) is 82.4 Å². The van der Waals surface area contributed by atoms with Crippen molar-refractivity contribution in [3.8, 4) is 11.8 Å². The first-order valence-electron chi connectivity index (χ1n) is 12.1. The maximum absolute atomic E-state index is 14.7. The van der Waals surface area contributed by atoms with Crippen molar-refractivity contribution in [1.82, 2.24) is 0 Å². The van der Waals surface area contributed by atoms with Gasteiger partial charge in [0.15, 0.2) is 0 Å². The smallest absolute Gasteiger partial charge is 0.349 e. The van der Waals surface area contributed by atoms with Gasteiger partial charge in [-0.05, 0) is 73.2 Å². The highest BCUT2D eigenvalue weighted by molar-refractivity contribution is 5.92. The third-order valence-corrected chi connectivity index (χ3v) is 6.15. The maximum atomic E-state index is 14.7. The second-order valence-corrected chi connectivity index (χ2v) is 8.73. The second-order valence-electron chi connectivity index (χ2n) is 8.73. The minimum atomic E-state index is -1.11. The van der Waals surface area contributed by atoms with Gasteiger partial charge in [0.25, 0.3) is 0 Å². The van der Waals surface area contributed by atoms with E-state index in [0.717, 1.165) is 24.8 Å². The molecule has 0 atom stereocenters. The minimum Gasteiger partial charge on any atom is -0.423 e. The SMILES string of the molecule is CCCCCCCCCC1=CC=C(c2cc(F)c(C(=O)Oc3ccc(C#N)cc3)c(F)c2)CC1. The molecule has 0 saturated carbocycles. The minimum absolute atomic E-state index is 0.112. The molecule has 3 nitrogen and oxygen atoms in total. The molecule has 34 heavy (non-hydrogen) atoms. The third-order valence-electron chi connectivity index (χ3n) is 6.15. The Morgan fingerprint density at radius 1 is 0.941 bits per heavy atom. The van der Waals surface area contributed by atoms with Gasteiger partial charge < -0.3 is 4.74 Å². The summed E-state index contributed by atoms with van der Waals surface area (Å²) in [5, 5.41) is 8.83. The molecular formula is C29H31F2NO2. The largest absolute Gasteiger partial charge is 0.423 e. The Morgan fingerprint density at radius 2 is 1.59 bits per heavy atom. The van der Waals surface area contributed by atoms with Gasteiger partial charge in [-0.2, -0.15) is 5.26 Å². The van der Waals surface area contributed by atoms with E-state index in [0.29, 0.717) is 11.1 Å². The van der Waals surface area contributed by atoms with Crippen molar-refractivity contribution in [2.24, 2.45) is 0 Å². The molecule has 5 heteroatoms. The van der Waals surface area contributed by atoms with Crippen molar-refractivity contribution in [1.29, 1.82) is 5.26 Å². The first-order valence-corrected chi connectivity index (χ1v) is 12.1. The molecule has 0 spiro atoms. The zero-order valence-corrected chi connectivity index (χ0v) is 19.7. The number of carbonyl (C=O) groups excluding carboxylic acids is 1. The van der Waals surface area contributed by atoms with Crippen LogP contribution in [-0.2, 0) is 0 Å². The van der Waals surface area contributed by atoms with E-state index in [1.807, 2.05) is 12.1 Å². The van der Waals surface area contributed by atoms with Crippen molar-refractivity contribution in [3.63, 3.8) is 0 Å². The van der Waals surface area contributed by atoms with E-state index < -0.39 is 23.2 Å². The average Bonchev–Trinajstić information content (AvgIpc) is 2.84. The van der Waals surface area contributed by atoms with Crippen LogP contribution in [0.15, 0.2) is 54.1 Å². The Labute approximate surface area is 200 Å². The molecule has 178 valence electrons. The molecule has 2 aromatic carbocycles. The number of rotatable bonds is 11. The fraction of sp³-hybridized carbons (Fsp3) is 0.379. The number of hydrogen-bond donors (Lipinski definition) is 0. The highest BCUT2D eigenvalue weighted by Gasteiger charge is 2.22. The molecule has 0 radical (unpaired) electrons. The van der Waals surface area contributed by atoms with Crippen LogP contribution in [0.5, 0.6) is 5.75 Å². The predicted molar refractivity (Wildman–Crippen MR) is 130 cm³/mol. The van der Waals surface area contributed by atoms with E-state index in [1.54, 1.807) is 0 Å². The second kappa shape index (κ2) is 12.8. The van der Waals surface area contributed by atoms with Crippen molar-refractivity contribution in [2.75, 3.05) is 0 Å². The van der Waals surface area contributed by atoms with Crippen LogP contribution < -0.4 is 4.74 Å². The van der Waals surface area contributed by atoms with E-state index in [2.05, 4.69) is 13.0 Å². The van der Waals surface area contributed by atoms with E-state index >= 15 is 0 Å². The molecule has 0 aromatic heterocycles. The molecule has 0 N–H and O–H groups in total. The van der Waals surface area contributed by atoms with Gasteiger partial charge in [0, 0.05) is 0 Å². The van der Waals surface area contributed by atoms with Gasteiger partial charge in [0.05, 0.1) is 11.6 Å². The summed E-state index contributed by atoms with van der Waals surface area (Å²) < 4.78 is 34.5. The Hall–Kier alpha value is -3.26. The monoisotopic (exact) mass is 463 g/mol. The fourth-order valence-electron chi connectivity index (χ4n) is 4.15. The zero-order valence-electron chi connectivity index (χ0n) is 19.7.